The first-order valence-corrected chi connectivity index (χ1v) is 5.14. The van der Waals surface area contributed by atoms with E-state index in [9.17, 15) is 27.5 Å². The molecule has 0 saturated carbocycles. The molecule has 0 spiro atoms. The van der Waals surface area contributed by atoms with E-state index in [1.807, 2.05) is 5.32 Å². The van der Waals surface area contributed by atoms with E-state index < -0.39 is 53.5 Å². The fourth-order valence-electron chi connectivity index (χ4n) is 1.16. The Bertz CT molecular complexity index is 505. The Balaban J connectivity index is 2.96. The number of carbonyl (C=O) groups is 1. The number of aliphatic hydroxyl groups excluding tert-OH is 1. The molecule has 0 heterocycles. The molecule has 0 bridgehead atoms. The third-order valence-electron chi connectivity index (χ3n) is 2.32. The zero-order valence-electron chi connectivity index (χ0n) is 9.81. The zero-order chi connectivity index (χ0) is 14.8. The summed E-state index contributed by atoms with van der Waals surface area (Å²) in [5, 5.41) is 20.0. The second kappa shape index (κ2) is 5.54. The van der Waals surface area contributed by atoms with Gasteiger partial charge < -0.3 is 15.5 Å². The Kier molecular flexibility index (Phi) is 4.48. The molecule has 1 aromatic carbocycles. The van der Waals surface area contributed by atoms with Crippen molar-refractivity contribution in [1.29, 1.82) is 0 Å². The number of amides is 1. The van der Waals surface area contributed by atoms with Crippen LogP contribution in [0.15, 0.2) is 6.07 Å². The van der Waals surface area contributed by atoms with Crippen molar-refractivity contribution < 1.29 is 32.6 Å². The molecule has 0 saturated heterocycles. The van der Waals surface area contributed by atoms with E-state index >= 15 is 0 Å². The van der Waals surface area contributed by atoms with Crippen molar-refractivity contribution in [1.82, 2.24) is 5.32 Å². The molecule has 3 N–H and O–H groups in total. The van der Waals surface area contributed by atoms with Crippen molar-refractivity contribution >= 4 is 5.91 Å². The van der Waals surface area contributed by atoms with Gasteiger partial charge >= 0.3 is 0 Å². The molecular formula is C11H11F4NO3. The van der Waals surface area contributed by atoms with Gasteiger partial charge in [-0.2, -0.15) is 0 Å². The number of aliphatic hydroxyl groups is 2. The molecule has 1 amide bonds. The summed E-state index contributed by atoms with van der Waals surface area (Å²) in [5.41, 5.74) is -2.71. The van der Waals surface area contributed by atoms with Gasteiger partial charge in [-0.25, -0.2) is 17.6 Å². The van der Waals surface area contributed by atoms with Crippen LogP contribution in [0.2, 0.25) is 0 Å². The van der Waals surface area contributed by atoms with E-state index in [1.54, 1.807) is 0 Å². The van der Waals surface area contributed by atoms with Crippen LogP contribution in [0.5, 0.6) is 0 Å². The first-order valence-electron chi connectivity index (χ1n) is 5.14. The van der Waals surface area contributed by atoms with Crippen LogP contribution < -0.4 is 5.32 Å². The molecule has 106 valence electrons. The lowest BCUT2D eigenvalue weighted by Gasteiger charge is -2.20. The highest BCUT2D eigenvalue weighted by Gasteiger charge is 2.25. The number of benzene rings is 1. The molecule has 0 aliphatic carbocycles. The largest absolute Gasteiger partial charge is 0.393 e. The summed E-state index contributed by atoms with van der Waals surface area (Å²) in [5.74, 6) is -8.91. The van der Waals surface area contributed by atoms with E-state index in [0.29, 0.717) is 0 Å². The number of halogens is 4. The van der Waals surface area contributed by atoms with Crippen molar-refractivity contribution in [3.8, 4) is 0 Å². The van der Waals surface area contributed by atoms with E-state index in [1.165, 1.54) is 6.92 Å². The Morgan fingerprint density at radius 1 is 1.26 bits per heavy atom. The van der Waals surface area contributed by atoms with Crippen LogP contribution in [-0.4, -0.2) is 34.9 Å². The molecule has 0 fully saturated rings. The van der Waals surface area contributed by atoms with Crippen LogP contribution in [0, 0.1) is 23.3 Å². The molecule has 8 heteroatoms. The molecule has 0 aliphatic heterocycles. The highest BCUT2D eigenvalue weighted by molar-refractivity contribution is 5.94. The van der Waals surface area contributed by atoms with Crippen LogP contribution in [0.25, 0.3) is 0 Å². The smallest absolute Gasteiger partial charge is 0.254 e. The van der Waals surface area contributed by atoms with Crippen molar-refractivity contribution in [3.05, 3.63) is 34.9 Å². The molecule has 4 nitrogen and oxygen atoms in total. The highest BCUT2D eigenvalue weighted by atomic mass is 19.2. The maximum atomic E-state index is 13.2. The highest BCUT2D eigenvalue weighted by Crippen LogP contribution is 2.18. The van der Waals surface area contributed by atoms with Crippen LogP contribution in [0.3, 0.4) is 0 Å². The number of carbonyl (C=O) groups excluding carboxylic acids is 1. The molecular weight excluding hydrogens is 270 g/mol. The molecule has 1 aromatic rings. The minimum Gasteiger partial charge on any atom is -0.393 e. The monoisotopic (exact) mass is 281 g/mol. The van der Waals surface area contributed by atoms with Gasteiger partial charge in [-0.15, -0.1) is 0 Å². The van der Waals surface area contributed by atoms with Gasteiger partial charge in [0.25, 0.3) is 5.91 Å². The normalized spacial score (nSPS) is 14.1. The lowest BCUT2D eigenvalue weighted by Crippen LogP contribution is -2.43. The maximum Gasteiger partial charge on any atom is 0.254 e. The van der Waals surface area contributed by atoms with Crippen molar-refractivity contribution in [2.75, 3.05) is 13.2 Å². The number of hydrogen-bond donors (Lipinski definition) is 3. The minimum absolute atomic E-state index is 0.205. The second-order valence-electron chi connectivity index (χ2n) is 4.19. The summed E-state index contributed by atoms with van der Waals surface area (Å²) in [6.45, 7) is -0.000243. The molecule has 19 heavy (non-hydrogen) atoms. The summed E-state index contributed by atoms with van der Waals surface area (Å²) in [7, 11) is 0. The molecule has 0 aromatic heterocycles. The maximum absolute atomic E-state index is 13.2. The van der Waals surface area contributed by atoms with Gasteiger partial charge in [-0.1, -0.05) is 0 Å². The Labute approximate surface area is 105 Å². The SMILES string of the molecule is CC(O)(CO)CNC(=O)c1cc(F)c(F)c(F)c1F. The van der Waals surface area contributed by atoms with Crippen LogP contribution in [0.1, 0.15) is 17.3 Å². The van der Waals surface area contributed by atoms with E-state index in [0.717, 1.165) is 0 Å². The van der Waals surface area contributed by atoms with Crippen molar-refractivity contribution in [3.63, 3.8) is 0 Å². The number of hydrogen-bond acceptors (Lipinski definition) is 3. The van der Waals surface area contributed by atoms with Gasteiger partial charge in [0.15, 0.2) is 23.3 Å². The van der Waals surface area contributed by atoms with E-state index in [4.69, 9.17) is 5.11 Å². The number of nitrogens with one attached hydrogen (secondary N) is 1. The molecule has 0 aliphatic rings. The predicted octanol–water partition coefficient (Wildman–Crippen LogP) is 0.716. The average Bonchev–Trinajstić information content (AvgIpc) is 2.38. The Morgan fingerprint density at radius 3 is 2.37 bits per heavy atom. The quantitative estimate of drug-likeness (QED) is 0.432. The fraction of sp³-hybridized carbons (Fsp3) is 0.364. The fourth-order valence-corrected chi connectivity index (χ4v) is 1.16. The molecule has 1 atom stereocenters. The van der Waals surface area contributed by atoms with Gasteiger partial charge in [0.05, 0.1) is 12.2 Å². The predicted molar refractivity (Wildman–Crippen MR) is 56.3 cm³/mol. The van der Waals surface area contributed by atoms with Gasteiger partial charge in [0.1, 0.15) is 5.60 Å². The Morgan fingerprint density at radius 2 is 1.84 bits per heavy atom. The second-order valence-corrected chi connectivity index (χ2v) is 4.19. The standard InChI is InChI=1S/C11H11F4NO3/c1-11(19,4-17)3-16-10(18)5-2-6(12)8(14)9(15)7(5)13/h2,17,19H,3-4H2,1H3,(H,16,18). The third kappa shape index (κ3) is 3.42. The third-order valence-corrected chi connectivity index (χ3v) is 2.32. The molecule has 1 unspecified atom stereocenters. The topological polar surface area (TPSA) is 69.6 Å². The van der Waals surface area contributed by atoms with E-state index in [-0.39, 0.29) is 6.07 Å². The summed E-state index contributed by atoms with van der Waals surface area (Å²) in [4.78, 5) is 11.4. The van der Waals surface area contributed by atoms with Gasteiger partial charge in [0, 0.05) is 6.54 Å². The molecule has 0 radical (unpaired) electrons. The lowest BCUT2D eigenvalue weighted by molar-refractivity contribution is 0.00315. The minimum atomic E-state index is -2.10. The average molecular weight is 281 g/mol. The molecule has 1 rings (SSSR count). The summed E-state index contributed by atoms with van der Waals surface area (Å²) >= 11 is 0. The van der Waals surface area contributed by atoms with Crippen LogP contribution >= 0.6 is 0 Å². The summed E-state index contributed by atoms with van der Waals surface area (Å²) in [6.07, 6.45) is 0. The zero-order valence-corrected chi connectivity index (χ0v) is 9.81. The summed E-state index contributed by atoms with van der Waals surface area (Å²) in [6, 6.07) is 0.205. The first-order chi connectivity index (χ1) is 8.69. The van der Waals surface area contributed by atoms with Gasteiger partial charge in [-0.3, -0.25) is 4.79 Å². The van der Waals surface area contributed by atoms with Crippen LogP contribution in [-0.2, 0) is 0 Å². The first kappa shape index (κ1) is 15.4. The Hall–Kier alpha value is -1.67. The van der Waals surface area contributed by atoms with E-state index in [2.05, 4.69) is 0 Å². The van der Waals surface area contributed by atoms with Gasteiger partial charge in [0.2, 0.25) is 0 Å². The summed E-state index contributed by atoms with van der Waals surface area (Å²) < 4.78 is 51.7. The van der Waals surface area contributed by atoms with Crippen LogP contribution in [0.4, 0.5) is 17.6 Å². The van der Waals surface area contributed by atoms with Crippen molar-refractivity contribution in [2.45, 2.75) is 12.5 Å². The van der Waals surface area contributed by atoms with Crippen molar-refractivity contribution in [2.24, 2.45) is 0 Å². The lowest BCUT2D eigenvalue weighted by atomic mass is 10.1. The van der Waals surface area contributed by atoms with Gasteiger partial charge in [-0.05, 0) is 13.0 Å². The number of rotatable bonds is 4.